The van der Waals surface area contributed by atoms with Gasteiger partial charge >= 0.3 is 5.91 Å². The lowest BCUT2D eigenvalue weighted by atomic mass is 10.1. The summed E-state index contributed by atoms with van der Waals surface area (Å²) in [4.78, 5) is 23.0. The smallest absolute Gasteiger partial charge is 0.295 e. The number of nitrogens with zero attached hydrogens (tertiary/aromatic N) is 1. The number of carbonyl (C=O) groups is 2. The molecule has 0 aliphatic rings. The molecule has 0 fully saturated rings. The molecule has 90 valence electrons. The zero-order chi connectivity index (χ0) is 13.0. The zero-order valence-electron chi connectivity index (χ0n) is 9.96. The Hall–Kier alpha value is -2.49. The lowest BCUT2D eigenvalue weighted by Gasteiger charge is -2.00. The summed E-state index contributed by atoms with van der Waals surface area (Å²) in [6, 6.07) is 12.1. The van der Waals surface area contributed by atoms with Gasteiger partial charge in [0.25, 0.3) is 0 Å². The molecule has 0 bridgehead atoms. The van der Waals surface area contributed by atoms with Gasteiger partial charge in [-0.05, 0) is 19.1 Å². The van der Waals surface area contributed by atoms with Crippen LogP contribution in [0.4, 0.5) is 0 Å². The van der Waals surface area contributed by atoms with Crippen LogP contribution in [0.25, 0.3) is 0 Å². The molecule has 1 N–H and O–H groups in total. The second kappa shape index (κ2) is 5.23. The van der Waals surface area contributed by atoms with Crippen molar-refractivity contribution in [1.82, 2.24) is 0 Å². The van der Waals surface area contributed by atoms with Crippen LogP contribution in [0.3, 0.4) is 0 Å². The Morgan fingerprint density at radius 1 is 0.944 bits per heavy atom. The summed E-state index contributed by atoms with van der Waals surface area (Å²) in [5.41, 5.74) is 3.81. The van der Waals surface area contributed by atoms with E-state index in [2.05, 4.69) is 5.43 Å². The van der Waals surface area contributed by atoms with Crippen molar-refractivity contribution in [2.45, 2.75) is 6.92 Å². The van der Waals surface area contributed by atoms with E-state index in [4.69, 9.17) is 0 Å². The van der Waals surface area contributed by atoms with Crippen LogP contribution in [-0.2, 0) is 0 Å². The van der Waals surface area contributed by atoms with E-state index in [1.165, 1.54) is 6.92 Å². The van der Waals surface area contributed by atoms with Gasteiger partial charge in [0.1, 0.15) is 0 Å². The Balaban J connectivity index is 2.12. The summed E-state index contributed by atoms with van der Waals surface area (Å²) in [6.45, 7) is 1.49. The van der Waals surface area contributed by atoms with E-state index in [1.54, 1.807) is 41.3 Å². The number of aromatic nitrogens is 1. The van der Waals surface area contributed by atoms with Crippen molar-refractivity contribution in [1.29, 1.82) is 0 Å². The highest BCUT2D eigenvalue weighted by Crippen LogP contribution is 2.04. The number of carbonyl (C=O) groups excluding carboxylic acids is 2. The van der Waals surface area contributed by atoms with Gasteiger partial charge in [-0.2, -0.15) is 0 Å². The molecule has 1 heterocycles. The number of hydrogen-bond donors (Lipinski definition) is 1. The van der Waals surface area contributed by atoms with Crippen LogP contribution < -0.4 is 10.1 Å². The van der Waals surface area contributed by atoms with Crippen LogP contribution in [0.1, 0.15) is 27.6 Å². The fraction of sp³-hybridized carbons (Fsp3) is 0.0714. The molecule has 0 unspecified atom stereocenters. The Morgan fingerprint density at radius 3 is 2.06 bits per heavy atom. The molecule has 0 atom stereocenters. The van der Waals surface area contributed by atoms with Gasteiger partial charge in [0, 0.05) is 23.3 Å². The first-order valence-electron chi connectivity index (χ1n) is 5.55. The lowest BCUT2D eigenvalue weighted by molar-refractivity contribution is -0.641. The number of ketones is 1. The molecule has 0 radical (unpaired) electrons. The monoisotopic (exact) mass is 241 g/mol. The van der Waals surface area contributed by atoms with Crippen molar-refractivity contribution >= 4 is 11.7 Å². The van der Waals surface area contributed by atoms with E-state index in [0.29, 0.717) is 11.1 Å². The highest BCUT2D eigenvalue weighted by atomic mass is 16.2. The van der Waals surface area contributed by atoms with Crippen LogP contribution >= 0.6 is 0 Å². The number of pyridine rings is 1. The molecule has 0 saturated carbocycles. The van der Waals surface area contributed by atoms with E-state index in [9.17, 15) is 9.59 Å². The van der Waals surface area contributed by atoms with Gasteiger partial charge in [0.05, 0.1) is 0 Å². The molecule has 0 aliphatic carbocycles. The van der Waals surface area contributed by atoms with E-state index in [0.717, 1.165) is 0 Å². The maximum Gasteiger partial charge on any atom is 0.305 e. The predicted molar refractivity (Wildman–Crippen MR) is 66.8 cm³/mol. The average molecular weight is 241 g/mol. The standard InChI is InChI=1S/C14H12N2O2/c1-11(17)12-5-7-13(8-6-12)14(18)15-16-9-3-2-4-10-16/h2-10H,1H3/p+1. The van der Waals surface area contributed by atoms with Gasteiger partial charge in [-0.1, -0.05) is 22.9 Å². The van der Waals surface area contributed by atoms with E-state index in [-0.39, 0.29) is 11.7 Å². The van der Waals surface area contributed by atoms with Crippen LogP contribution in [-0.4, -0.2) is 11.7 Å². The Bertz CT molecular complexity index is 562. The molecule has 1 aromatic heterocycles. The molecule has 2 rings (SSSR count). The molecule has 0 aliphatic heterocycles. The fourth-order valence-electron chi connectivity index (χ4n) is 1.51. The lowest BCUT2D eigenvalue weighted by Crippen LogP contribution is -2.47. The molecular weight excluding hydrogens is 228 g/mol. The third-order valence-corrected chi connectivity index (χ3v) is 2.50. The first kappa shape index (κ1) is 12.0. The first-order valence-corrected chi connectivity index (χ1v) is 5.55. The summed E-state index contributed by atoms with van der Waals surface area (Å²) < 4.78 is 1.57. The number of Topliss-reactive ketones (excluding diaryl/α,β-unsaturated/α-hetero) is 1. The second-order valence-electron chi connectivity index (χ2n) is 3.86. The minimum absolute atomic E-state index is 0.0145. The van der Waals surface area contributed by atoms with Gasteiger partial charge in [-0.25, -0.2) is 0 Å². The van der Waals surface area contributed by atoms with Crippen molar-refractivity contribution in [3.8, 4) is 0 Å². The van der Waals surface area contributed by atoms with Gasteiger partial charge in [-0.3, -0.25) is 9.59 Å². The van der Waals surface area contributed by atoms with Gasteiger partial charge in [0.15, 0.2) is 18.2 Å². The number of nitrogens with one attached hydrogen (secondary N) is 1. The quantitative estimate of drug-likeness (QED) is 0.655. The van der Waals surface area contributed by atoms with E-state index >= 15 is 0 Å². The fourth-order valence-corrected chi connectivity index (χ4v) is 1.51. The third kappa shape index (κ3) is 2.79. The zero-order valence-corrected chi connectivity index (χ0v) is 9.96. The summed E-state index contributed by atoms with van der Waals surface area (Å²) >= 11 is 0. The predicted octanol–water partition coefficient (Wildman–Crippen LogP) is 1.56. The Morgan fingerprint density at radius 2 is 1.50 bits per heavy atom. The summed E-state index contributed by atoms with van der Waals surface area (Å²) in [5.74, 6) is -0.235. The molecule has 4 nitrogen and oxygen atoms in total. The van der Waals surface area contributed by atoms with Crippen molar-refractivity contribution in [3.05, 3.63) is 66.0 Å². The van der Waals surface area contributed by atoms with Gasteiger partial charge in [-0.15, -0.1) is 5.43 Å². The van der Waals surface area contributed by atoms with Crippen molar-refractivity contribution in [3.63, 3.8) is 0 Å². The molecule has 0 saturated heterocycles. The van der Waals surface area contributed by atoms with Crippen LogP contribution in [0.15, 0.2) is 54.9 Å². The van der Waals surface area contributed by atoms with Gasteiger partial charge in [0.2, 0.25) is 0 Å². The molecule has 1 aromatic carbocycles. The molecule has 4 heteroatoms. The molecule has 0 spiro atoms. The third-order valence-electron chi connectivity index (χ3n) is 2.50. The summed E-state index contributed by atoms with van der Waals surface area (Å²) in [6.07, 6.45) is 3.48. The molecular formula is C14H13N2O2+. The van der Waals surface area contributed by atoms with Gasteiger partial charge < -0.3 is 0 Å². The molecule has 2 aromatic rings. The summed E-state index contributed by atoms with van der Waals surface area (Å²) in [5, 5.41) is 0. The first-order chi connectivity index (χ1) is 8.66. The second-order valence-corrected chi connectivity index (χ2v) is 3.86. The molecule has 18 heavy (non-hydrogen) atoms. The number of benzene rings is 1. The Kier molecular flexibility index (Phi) is 3.48. The maximum absolute atomic E-state index is 11.9. The van der Waals surface area contributed by atoms with E-state index < -0.39 is 0 Å². The topological polar surface area (TPSA) is 50.1 Å². The minimum atomic E-state index is -0.221. The normalized spacial score (nSPS) is 9.83. The maximum atomic E-state index is 11.9. The Labute approximate surface area is 105 Å². The number of amides is 1. The van der Waals surface area contributed by atoms with Crippen LogP contribution in [0.5, 0.6) is 0 Å². The van der Waals surface area contributed by atoms with E-state index in [1.807, 2.05) is 18.2 Å². The largest absolute Gasteiger partial charge is 0.305 e. The number of rotatable bonds is 3. The molecule has 1 amide bonds. The SMILES string of the molecule is CC(=O)c1ccc(C(=O)N[n+]2ccccc2)cc1. The van der Waals surface area contributed by atoms with Crippen molar-refractivity contribution in [2.75, 3.05) is 5.43 Å². The van der Waals surface area contributed by atoms with Crippen molar-refractivity contribution in [2.24, 2.45) is 0 Å². The highest BCUT2D eigenvalue weighted by molar-refractivity contribution is 6.00. The van der Waals surface area contributed by atoms with Crippen LogP contribution in [0.2, 0.25) is 0 Å². The van der Waals surface area contributed by atoms with Crippen LogP contribution in [0, 0.1) is 0 Å². The number of hydrogen-bond acceptors (Lipinski definition) is 2. The minimum Gasteiger partial charge on any atom is -0.295 e. The average Bonchev–Trinajstić information content (AvgIpc) is 2.40. The highest BCUT2D eigenvalue weighted by Gasteiger charge is 2.10. The summed E-state index contributed by atoms with van der Waals surface area (Å²) in [7, 11) is 0. The van der Waals surface area contributed by atoms with Crippen molar-refractivity contribution < 1.29 is 14.3 Å².